The third-order valence-corrected chi connectivity index (χ3v) is 3.42. The van der Waals surface area contributed by atoms with Crippen LogP contribution in [0.2, 0.25) is 5.02 Å². The second kappa shape index (κ2) is 4.35. The zero-order valence-electron chi connectivity index (χ0n) is 8.32. The Balaban J connectivity index is 2.42. The van der Waals surface area contributed by atoms with Gasteiger partial charge in [0.25, 0.3) is 5.24 Å². The van der Waals surface area contributed by atoms with Crippen LogP contribution in [-0.2, 0) is 4.79 Å². The lowest BCUT2D eigenvalue weighted by molar-refractivity contribution is -0.119. The van der Waals surface area contributed by atoms with E-state index in [-0.39, 0.29) is 11.1 Å². The molecule has 1 aromatic rings. The van der Waals surface area contributed by atoms with Crippen molar-refractivity contribution in [3.05, 3.63) is 28.8 Å². The lowest BCUT2D eigenvalue weighted by atomic mass is 10.1. The number of benzene rings is 1. The fourth-order valence-electron chi connectivity index (χ4n) is 1.47. The molecule has 84 valence electrons. The zero-order chi connectivity index (χ0) is 11.7. The minimum Gasteiger partial charge on any atom is -0.496 e. The zero-order valence-corrected chi connectivity index (χ0v) is 9.89. The molecule has 0 bridgehead atoms. The molecule has 1 atom stereocenters. The highest BCUT2D eigenvalue weighted by Crippen LogP contribution is 2.39. The summed E-state index contributed by atoms with van der Waals surface area (Å²) in [5, 5.41) is 1.79. The van der Waals surface area contributed by atoms with E-state index in [1.807, 2.05) is 0 Å². The first-order valence-corrected chi connectivity index (χ1v) is 5.72. The largest absolute Gasteiger partial charge is 0.496 e. The van der Waals surface area contributed by atoms with Gasteiger partial charge in [0, 0.05) is 10.6 Å². The van der Waals surface area contributed by atoms with E-state index in [0.717, 1.165) is 11.8 Å². The molecule has 0 spiro atoms. The van der Waals surface area contributed by atoms with Crippen molar-refractivity contribution >= 4 is 34.5 Å². The van der Waals surface area contributed by atoms with Crippen LogP contribution < -0.4 is 10.1 Å². The molecule has 1 aromatic carbocycles. The molecule has 0 aromatic heterocycles. The molecule has 1 heterocycles. The first kappa shape index (κ1) is 11.3. The van der Waals surface area contributed by atoms with Crippen LogP contribution in [0.25, 0.3) is 0 Å². The number of amides is 2. The standard InChI is InChI=1S/C10H8ClNO3S/c1-15-7-3-2-5(11)4-6(7)8-9(13)12-10(14)16-8/h2-4,8H,1H3,(H,12,13,14). The second-order valence-electron chi connectivity index (χ2n) is 3.16. The van der Waals surface area contributed by atoms with Crippen LogP contribution in [-0.4, -0.2) is 18.3 Å². The number of methoxy groups -OCH3 is 1. The topological polar surface area (TPSA) is 55.4 Å². The number of carbonyl (C=O) groups excluding carboxylic acids is 2. The van der Waals surface area contributed by atoms with Crippen LogP contribution in [0, 0.1) is 0 Å². The molecule has 0 saturated carbocycles. The summed E-state index contributed by atoms with van der Waals surface area (Å²) in [6.07, 6.45) is 0. The van der Waals surface area contributed by atoms with Gasteiger partial charge in [-0.05, 0) is 30.0 Å². The molecule has 1 N–H and O–H groups in total. The number of hydrogen-bond acceptors (Lipinski definition) is 4. The maximum absolute atomic E-state index is 11.5. The molecule has 0 aliphatic carbocycles. The van der Waals surface area contributed by atoms with Crippen LogP contribution >= 0.6 is 23.4 Å². The van der Waals surface area contributed by atoms with Crippen molar-refractivity contribution < 1.29 is 14.3 Å². The van der Waals surface area contributed by atoms with Gasteiger partial charge in [-0.3, -0.25) is 14.9 Å². The molecule has 2 amide bonds. The van der Waals surface area contributed by atoms with Crippen LogP contribution in [0.1, 0.15) is 10.8 Å². The van der Waals surface area contributed by atoms with Gasteiger partial charge in [0.2, 0.25) is 5.91 Å². The van der Waals surface area contributed by atoms with E-state index >= 15 is 0 Å². The average molecular weight is 258 g/mol. The number of carbonyl (C=O) groups is 2. The van der Waals surface area contributed by atoms with E-state index in [2.05, 4.69) is 5.32 Å². The molecule has 1 aliphatic rings. The van der Waals surface area contributed by atoms with Gasteiger partial charge in [-0.1, -0.05) is 11.6 Å². The van der Waals surface area contributed by atoms with Gasteiger partial charge in [-0.25, -0.2) is 0 Å². The monoisotopic (exact) mass is 257 g/mol. The number of rotatable bonds is 2. The highest BCUT2D eigenvalue weighted by molar-refractivity contribution is 8.15. The number of ether oxygens (including phenoxy) is 1. The van der Waals surface area contributed by atoms with E-state index in [4.69, 9.17) is 16.3 Å². The molecular formula is C10H8ClNO3S. The first-order chi connectivity index (χ1) is 7.61. The predicted molar refractivity (Wildman–Crippen MR) is 61.9 cm³/mol. The number of halogens is 1. The van der Waals surface area contributed by atoms with Crippen molar-refractivity contribution in [1.29, 1.82) is 0 Å². The van der Waals surface area contributed by atoms with Gasteiger partial charge in [0.15, 0.2) is 0 Å². The van der Waals surface area contributed by atoms with Crippen molar-refractivity contribution in [2.75, 3.05) is 7.11 Å². The molecule has 16 heavy (non-hydrogen) atoms. The molecular weight excluding hydrogens is 250 g/mol. The molecule has 6 heteroatoms. The van der Waals surface area contributed by atoms with E-state index in [1.54, 1.807) is 18.2 Å². The van der Waals surface area contributed by atoms with E-state index in [1.165, 1.54) is 7.11 Å². The van der Waals surface area contributed by atoms with Crippen molar-refractivity contribution in [2.24, 2.45) is 0 Å². The average Bonchev–Trinajstić information content (AvgIpc) is 2.57. The highest BCUT2D eigenvalue weighted by atomic mass is 35.5. The Hall–Kier alpha value is -1.20. The molecule has 1 fully saturated rings. The van der Waals surface area contributed by atoms with Crippen molar-refractivity contribution in [2.45, 2.75) is 5.25 Å². The minimum atomic E-state index is -0.582. The maximum Gasteiger partial charge on any atom is 0.286 e. The first-order valence-electron chi connectivity index (χ1n) is 4.46. The summed E-state index contributed by atoms with van der Waals surface area (Å²) < 4.78 is 5.13. The van der Waals surface area contributed by atoms with Crippen molar-refractivity contribution in [3.8, 4) is 5.75 Å². The molecule has 1 saturated heterocycles. The summed E-state index contributed by atoms with van der Waals surface area (Å²) >= 11 is 6.78. The third kappa shape index (κ3) is 2.01. The Kier molecular flexibility index (Phi) is 3.07. The Morgan fingerprint density at radius 2 is 2.19 bits per heavy atom. The summed E-state index contributed by atoms with van der Waals surface area (Å²) in [4.78, 5) is 22.6. The summed E-state index contributed by atoms with van der Waals surface area (Å²) in [7, 11) is 1.51. The molecule has 1 aliphatic heterocycles. The molecule has 1 unspecified atom stereocenters. The predicted octanol–water partition coefficient (Wildman–Crippen LogP) is 2.37. The molecule has 0 radical (unpaired) electrons. The summed E-state index contributed by atoms with van der Waals surface area (Å²) in [6, 6.07) is 4.98. The lowest BCUT2D eigenvalue weighted by Gasteiger charge is -2.11. The quantitative estimate of drug-likeness (QED) is 0.884. The van der Waals surface area contributed by atoms with E-state index in [0.29, 0.717) is 16.3 Å². The fraction of sp³-hybridized carbons (Fsp3) is 0.200. The highest BCUT2D eigenvalue weighted by Gasteiger charge is 2.34. The number of nitrogens with one attached hydrogen (secondary N) is 1. The van der Waals surface area contributed by atoms with Gasteiger partial charge in [0.1, 0.15) is 11.0 Å². The van der Waals surface area contributed by atoms with Crippen LogP contribution in [0.5, 0.6) is 5.75 Å². The Bertz CT molecular complexity index is 463. The van der Waals surface area contributed by atoms with Gasteiger partial charge in [-0.2, -0.15) is 0 Å². The number of thioether (sulfide) groups is 1. The van der Waals surface area contributed by atoms with E-state index < -0.39 is 5.25 Å². The van der Waals surface area contributed by atoms with Gasteiger partial charge >= 0.3 is 0 Å². The van der Waals surface area contributed by atoms with Crippen LogP contribution in [0.15, 0.2) is 18.2 Å². The van der Waals surface area contributed by atoms with E-state index in [9.17, 15) is 9.59 Å². The molecule has 4 nitrogen and oxygen atoms in total. The lowest BCUT2D eigenvalue weighted by Crippen LogP contribution is -2.20. The van der Waals surface area contributed by atoms with Gasteiger partial charge in [-0.15, -0.1) is 0 Å². The van der Waals surface area contributed by atoms with Crippen LogP contribution in [0.4, 0.5) is 4.79 Å². The normalized spacial score (nSPS) is 19.8. The van der Waals surface area contributed by atoms with Crippen molar-refractivity contribution in [3.63, 3.8) is 0 Å². The maximum atomic E-state index is 11.5. The van der Waals surface area contributed by atoms with Gasteiger partial charge in [0.05, 0.1) is 7.11 Å². The second-order valence-corrected chi connectivity index (χ2v) is 4.68. The number of hydrogen-bond donors (Lipinski definition) is 1. The summed E-state index contributed by atoms with van der Waals surface area (Å²) in [5.41, 5.74) is 0.614. The Morgan fingerprint density at radius 1 is 1.44 bits per heavy atom. The summed E-state index contributed by atoms with van der Waals surface area (Å²) in [6.45, 7) is 0. The molecule has 2 rings (SSSR count). The fourth-order valence-corrected chi connectivity index (χ4v) is 2.50. The Labute approximate surface area is 101 Å². The van der Waals surface area contributed by atoms with Crippen molar-refractivity contribution in [1.82, 2.24) is 5.32 Å². The minimum absolute atomic E-state index is 0.337. The Morgan fingerprint density at radius 3 is 2.75 bits per heavy atom. The third-order valence-electron chi connectivity index (χ3n) is 2.16. The SMILES string of the molecule is COc1ccc(Cl)cc1C1SC(=O)NC1=O. The van der Waals surface area contributed by atoms with Crippen LogP contribution in [0.3, 0.4) is 0 Å². The number of imide groups is 1. The smallest absolute Gasteiger partial charge is 0.286 e. The summed E-state index contributed by atoms with van der Waals surface area (Å²) in [5.74, 6) is 0.210. The van der Waals surface area contributed by atoms with Gasteiger partial charge < -0.3 is 4.74 Å².